The van der Waals surface area contributed by atoms with E-state index in [-0.39, 0.29) is 23.6 Å². The maximum Gasteiger partial charge on any atom is 0.417 e. The largest absolute Gasteiger partial charge is 0.490 e. The van der Waals surface area contributed by atoms with Crippen molar-refractivity contribution in [2.75, 3.05) is 11.9 Å². The molecule has 1 aliphatic heterocycles. The lowest BCUT2D eigenvalue weighted by atomic mass is 9.77. The van der Waals surface area contributed by atoms with Gasteiger partial charge in [0, 0.05) is 29.3 Å². The maximum absolute atomic E-state index is 14.5. The third-order valence-electron chi connectivity index (χ3n) is 5.93. The van der Waals surface area contributed by atoms with Crippen LogP contribution < -0.4 is 15.8 Å². The smallest absolute Gasteiger partial charge is 0.417 e. The molecule has 0 unspecified atom stereocenters. The third kappa shape index (κ3) is 4.41. The van der Waals surface area contributed by atoms with Crippen LogP contribution in [0.2, 0.25) is 0 Å². The highest BCUT2D eigenvalue weighted by atomic mass is 19.4. The predicted molar refractivity (Wildman–Crippen MR) is 110 cm³/mol. The van der Waals surface area contributed by atoms with Gasteiger partial charge in [-0.25, -0.2) is 4.39 Å². The number of primary amides is 1. The first-order valence-corrected chi connectivity index (χ1v) is 10.2. The number of rotatable bonds is 6. The van der Waals surface area contributed by atoms with Gasteiger partial charge in [0.05, 0.1) is 6.61 Å². The number of nitrogens with one attached hydrogen (secondary N) is 1. The number of pyridine rings is 1. The molecule has 7 nitrogen and oxygen atoms in total. The van der Waals surface area contributed by atoms with E-state index in [9.17, 15) is 31.5 Å². The number of anilines is 1. The molecule has 0 radical (unpaired) electrons. The molecule has 1 aliphatic rings. The zero-order chi connectivity index (χ0) is 25.4. The van der Waals surface area contributed by atoms with Crippen molar-refractivity contribution in [1.82, 2.24) is 4.98 Å². The quantitative estimate of drug-likeness (QED) is 0.601. The second kappa shape index (κ2) is 9.16. The Balaban J connectivity index is 2.09. The van der Waals surface area contributed by atoms with Gasteiger partial charge in [-0.2, -0.15) is 17.6 Å². The molecule has 0 spiro atoms. The van der Waals surface area contributed by atoms with Crippen molar-refractivity contribution in [3.05, 3.63) is 53.4 Å². The van der Waals surface area contributed by atoms with E-state index in [0.29, 0.717) is 0 Å². The molecule has 0 saturated carbocycles. The van der Waals surface area contributed by atoms with Crippen molar-refractivity contribution < 1.29 is 41.0 Å². The second-order valence-electron chi connectivity index (χ2n) is 7.95. The van der Waals surface area contributed by atoms with Gasteiger partial charge in [0.1, 0.15) is 11.8 Å². The summed E-state index contributed by atoms with van der Waals surface area (Å²) >= 11 is 0. The van der Waals surface area contributed by atoms with E-state index in [1.807, 2.05) is 0 Å². The molecular weight excluding hydrogens is 465 g/mol. The lowest BCUT2D eigenvalue weighted by molar-refractivity contribution is -0.272. The SMILES string of the molecule is CCOc1c([C@H]2[C@@H](C)[C@](C)(C(F)(F)F)O[C@H]2C(=O)Nc2ccnc(C(N)=O)c2)ccc(F)c1F. The van der Waals surface area contributed by atoms with Crippen molar-refractivity contribution >= 4 is 17.5 Å². The minimum Gasteiger partial charge on any atom is -0.490 e. The van der Waals surface area contributed by atoms with Crippen LogP contribution in [0.4, 0.5) is 27.6 Å². The topological polar surface area (TPSA) is 104 Å². The van der Waals surface area contributed by atoms with E-state index >= 15 is 0 Å². The Morgan fingerprint density at radius 1 is 1.26 bits per heavy atom. The average molecular weight is 487 g/mol. The highest BCUT2D eigenvalue weighted by Gasteiger charge is 2.65. The van der Waals surface area contributed by atoms with E-state index in [1.165, 1.54) is 26.1 Å². The lowest BCUT2D eigenvalue weighted by Crippen LogP contribution is -2.47. The van der Waals surface area contributed by atoms with Crippen LogP contribution in [0, 0.1) is 17.6 Å². The van der Waals surface area contributed by atoms with E-state index in [0.717, 1.165) is 25.1 Å². The standard InChI is InChI=1S/C22H22F5N3O4/c1-4-33-17-12(5-6-13(23)16(17)24)15-10(2)21(3,22(25,26)27)34-18(15)20(32)30-11-7-8-29-14(9-11)19(28)31/h5-10,15,18H,4H2,1-3H3,(H2,28,31)(H,29,30,32)/t10-,15-,18-,21-/m1/s1. The van der Waals surface area contributed by atoms with Gasteiger partial charge in [0.2, 0.25) is 5.82 Å². The number of ether oxygens (including phenoxy) is 2. The Morgan fingerprint density at radius 3 is 2.53 bits per heavy atom. The number of carbonyl (C=O) groups excluding carboxylic acids is 2. The summed E-state index contributed by atoms with van der Waals surface area (Å²) in [5.74, 6) is -7.87. The van der Waals surface area contributed by atoms with Crippen molar-refractivity contribution in [2.24, 2.45) is 11.7 Å². The van der Waals surface area contributed by atoms with Crippen LogP contribution in [0.1, 0.15) is 42.7 Å². The van der Waals surface area contributed by atoms with Crippen LogP contribution in [0.15, 0.2) is 30.5 Å². The van der Waals surface area contributed by atoms with Gasteiger partial charge in [0.25, 0.3) is 11.8 Å². The minimum absolute atomic E-state index is 0.0275. The van der Waals surface area contributed by atoms with Gasteiger partial charge in [-0.05, 0) is 32.0 Å². The monoisotopic (exact) mass is 487 g/mol. The highest BCUT2D eigenvalue weighted by Crippen LogP contribution is 2.55. The van der Waals surface area contributed by atoms with Crippen LogP contribution in [0.25, 0.3) is 0 Å². The minimum atomic E-state index is -4.89. The first-order chi connectivity index (χ1) is 15.8. The molecule has 1 aromatic heterocycles. The highest BCUT2D eigenvalue weighted by molar-refractivity contribution is 5.97. The Morgan fingerprint density at radius 2 is 1.94 bits per heavy atom. The number of nitrogens with two attached hydrogens (primary N) is 1. The summed E-state index contributed by atoms with van der Waals surface area (Å²) in [7, 11) is 0. The van der Waals surface area contributed by atoms with Crippen LogP contribution in [0.3, 0.4) is 0 Å². The van der Waals surface area contributed by atoms with Crippen LogP contribution in [-0.4, -0.2) is 41.3 Å². The van der Waals surface area contributed by atoms with Crippen LogP contribution >= 0.6 is 0 Å². The summed E-state index contributed by atoms with van der Waals surface area (Å²) in [6.07, 6.45) is -5.48. The predicted octanol–water partition coefficient (Wildman–Crippen LogP) is 3.94. The second-order valence-corrected chi connectivity index (χ2v) is 7.95. The van der Waals surface area contributed by atoms with Gasteiger partial charge < -0.3 is 20.5 Å². The average Bonchev–Trinajstić information content (AvgIpc) is 3.04. The fraction of sp³-hybridized carbons (Fsp3) is 0.409. The van der Waals surface area contributed by atoms with E-state index < -0.39 is 58.9 Å². The number of hydrogen-bond acceptors (Lipinski definition) is 5. The number of amides is 2. The summed E-state index contributed by atoms with van der Waals surface area (Å²) in [6, 6.07) is 4.26. The molecule has 12 heteroatoms. The van der Waals surface area contributed by atoms with Crippen LogP contribution in [-0.2, 0) is 9.53 Å². The molecule has 1 fully saturated rings. The number of nitrogens with zero attached hydrogens (tertiary/aromatic N) is 1. The van der Waals surface area contributed by atoms with Gasteiger partial charge >= 0.3 is 6.18 Å². The molecular formula is C22H22F5N3O4. The summed E-state index contributed by atoms with van der Waals surface area (Å²) in [4.78, 5) is 28.2. The zero-order valence-electron chi connectivity index (χ0n) is 18.4. The fourth-order valence-electron chi connectivity index (χ4n) is 3.98. The molecule has 1 aromatic carbocycles. The van der Waals surface area contributed by atoms with Crippen molar-refractivity contribution in [3.63, 3.8) is 0 Å². The molecule has 2 heterocycles. The molecule has 4 atom stereocenters. The Hall–Kier alpha value is -3.28. The Labute approximate surface area is 191 Å². The number of halogens is 5. The summed E-state index contributed by atoms with van der Waals surface area (Å²) < 4.78 is 80.9. The van der Waals surface area contributed by atoms with Gasteiger partial charge in [0.15, 0.2) is 17.2 Å². The van der Waals surface area contributed by atoms with E-state index in [2.05, 4.69) is 10.3 Å². The lowest BCUT2D eigenvalue weighted by Gasteiger charge is -2.32. The summed E-state index contributed by atoms with van der Waals surface area (Å²) in [5, 5.41) is 2.38. The number of carbonyl (C=O) groups is 2. The molecule has 3 N–H and O–H groups in total. The van der Waals surface area contributed by atoms with E-state index in [1.54, 1.807) is 0 Å². The normalized spacial score (nSPS) is 24.6. The fourth-order valence-corrected chi connectivity index (χ4v) is 3.98. The molecule has 2 aromatic rings. The van der Waals surface area contributed by atoms with Gasteiger partial charge in [-0.1, -0.05) is 13.0 Å². The summed E-state index contributed by atoms with van der Waals surface area (Å²) in [6.45, 7) is 3.39. The molecule has 1 saturated heterocycles. The Kier molecular flexibility index (Phi) is 6.83. The van der Waals surface area contributed by atoms with Crippen LogP contribution in [0.5, 0.6) is 5.75 Å². The van der Waals surface area contributed by atoms with Crippen molar-refractivity contribution in [1.29, 1.82) is 0 Å². The molecule has 0 bridgehead atoms. The maximum atomic E-state index is 14.5. The Bertz CT molecular complexity index is 1110. The first kappa shape index (κ1) is 25.3. The molecule has 2 amide bonds. The number of aromatic nitrogens is 1. The number of hydrogen-bond donors (Lipinski definition) is 2. The van der Waals surface area contributed by atoms with Crippen molar-refractivity contribution in [2.45, 2.75) is 44.6 Å². The molecule has 184 valence electrons. The van der Waals surface area contributed by atoms with Gasteiger partial charge in [-0.15, -0.1) is 0 Å². The zero-order valence-corrected chi connectivity index (χ0v) is 18.4. The third-order valence-corrected chi connectivity index (χ3v) is 5.93. The first-order valence-electron chi connectivity index (χ1n) is 10.2. The number of benzene rings is 1. The summed E-state index contributed by atoms with van der Waals surface area (Å²) in [5.41, 5.74) is 2.07. The molecule has 34 heavy (non-hydrogen) atoms. The molecule has 0 aliphatic carbocycles. The van der Waals surface area contributed by atoms with Crippen molar-refractivity contribution in [3.8, 4) is 5.75 Å². The van der Waals surface area contributed by atoms with Gasteiger partial charge in [-0.3, -0.25) is 14.6 Å². The molecule has 3 rings (SSSR count). The number of alkyl halides is 3. The van der Waals surface area contributed by atoms with E-state index in [4.69, 9.17) is 15.2 Å².